The van der Waals surface area contributed by atoms with Crippen molar-refractivity contribution in [3.05, 3.63) is 70.2 Å². The van der Waals surface area contributed by atoms with Gasteiger partial charge in [-0.1, -0.05) is 67.4 Å². The Labute approximate surface area is 175 Å². The van der Waals surface area contributed by atoms with Crippen molar-refractivity contribution in [3.8, 4) is 0 Å². The van der Waals surface area contributed by atoms with E-state index in [1.54, 1.807) is 0 Å². The molecular formula is C25H35ClNO+. The number of hydrogen-bond donors (Lipinski definition) is 1. The lowest BCUT2D eigenvalue weighted by Gasteiger charge is -2.42. The summed E-state index contributed by atoms with van der Waals surface area (Å²) in [5.74, 6) is 0.557. The Kier molecular flexibility index (Phi) is 7.20. The van der Waals surface area contributed by atoms with Crippen LogP contribution in [0.3, 0.4) is 0 Å². The summed E-state index contributed by atoms with van der Waals surface area (Å²) in [5, 5.41) is 3.27. The Morgan fingerprint density at radius 2 is 1.75 bits per heavy atom. The van der Waals surface area contributed by atoms with Crippen LogP contribution in [0.1, 0.15) is 62.8 Å². The highest BCUT2D eigenvalue weighted by Gasteiger charge is 2.39. The topological polar surface area (TPSA) is 25.8 Å². The van der Waals surface area contributed by atoms with Crippen molar-refractivity contribution in [3.63, 3.8) is 0 Å². The number of halogens is 1. The normalized spacial score (nSPS) is 23.7. The number of benzene rings is 2. The van der Waals surface area contributed by atoms with Gasteiger partial charge in [0.2, 0.25) is 0 Å². The number of aryl methyl sites for hydroxylation is 1. The van der Waals surface area contributed by atoms with Crippen LogP contribution in [0.5, 0.6) is 0 Å². The van der Waals surface area contributed by atoms with Crippen LogP contribution in [0.25, 0.3) is 0 Å². The summed E-state index contributed by atoms with van der Waals surface area (Å²) >= 11 is 6.04. The van der Waals surface area contributed by atoms with Gasteiger partial charge in [-0.15, -0.1) is 0 Å². The van der Waals surface area contributed by atoms with Gasteiger partial charge < -0.3 is 10.1 Å². The molecule has 2 aromatic carbocycles. The fourth-order valence-corrected chi connectivity index (χ4v) is 4.56. The molecule has 1 heterocycles. The second-order valence-electron chi connectivity index (χ2n) is 8.87. The Balaban J connectivity index is 1.72. The summed E-state index contributed by atoms with van der Waals surface area (Å²) in [7, 11) is 0. The lowest BCUT2D eigenvalue weighted by molar-refractivity contribution is -0.693. The highest BCUT2D eigenvalue weighted by atomic mass is 35.5. The van der Waals surface area contributed by atoms with E-state index in [1.807, 2.05) is 12.1 Å². The summed E-state index contributed by atoms with van der Waals surface area (Å²) in [4.78, 5) is 0. The average molecular weight is 401 g/mol. The summed E-state index contributed by atoms with van der Waals surface area (Å²) in [6.45, 7) is 11.0. The summed E-state index contributed by atoms with van der Waals surface area (Å²) in [6.07, 6.45) is 3.77. The van der Waals surface area contributed by atoms with Crippen molar-refractivity contribution in [2.24, 2.45) is 5.92 Å². The first-order valence-corrected chi connectivity index (χ1v) is 11.0. The van der Waals surface area contributed by atoms with Gasteiger partial charge in [-0.05, 0) is 50.3 Å². The zero-order chi connectivity index (χ0) is 20.1. The molecule has 0 aromatic heterocycles. The molecule has 1 aliphatic rings. The molecule has 0 bridgehead atoms. The first-order valence-electron chi connectivity index (χ1n) is 10.7. The van der Waals surface area contributed by atoms with Crippen LogP contribution in [0.15, 0.2) is 48.5 Å². The van der Waals surface area contributed by atoms with E-state index < -0.39 is 0 Å². The van der Waals surface area contributed by atoms with Crippen LogP contribution < -0.4 is 5.32 Å². The first-order chi connectivity index (χ1) is 13.4. The van der Waals surface area contributed by atoms with Gasteiger partial charge in [0, 0.05) is 29.0 Å². The fraction of sp³-hybridized carbons (Fsp3) is 0.520. The molecule has 2 nitrogen and oxygen atoms in total. The standard InChI is InChI=1S/C25H34ClNO/c1-18(2)24-17-25(14-16-28-24,22-9-5-19(3)6-10-22)13-15-27-20(4)21-7-11-23(26)12-8-21/h5-12,18,20,24,27H,13-17H2,1-4H3/p+1/t20-,24-,25-/m0/s1. The zero-order valence-electron chi connectivity index (χ0n) is 17.7. The molecule has 0 radical (unpaired) electrons. The second kappa shape index (κ2) is 9.43. The van der Waals surface area contributed by atoms with Gasteiger partial charge in [-0.25, -0.2) is 0 Å². The minimum absolute atomic E-state index is 0.219. The Hall–Kier alpha value is -1.35. The molecule has 3 heteroatoms. The van der Waals surface area contributed by atoms with Gasteiger partial charge in [0.05, 0.1) is 12.6 Å². The maximum atomic E-state index is 6.13. The smallest absolute Gasteiger partial charge is 0.109 e. The second-order valence-corrected chi connectivity index (χ2v) is 9.30. The van der Waals surface area contributed by atoms with E-state index in [1.165, 1.54) is 23.1 Å². The molecule has 0 spiro atoms. The minimum atomic E-state index is 0.219. The highest BCUT2D eigenvalue weighted by molar-refractivity contribution is 6.30. The Morgan fingerprint density at radius 3 is 2.39 bits per heavy atom. The van der Waals surface area contributed by atoms with Gasteiger partial charge in [0.1, 0.15) is 6.04 Å². The number of quaternary nitrogens is 1. The lowest BCUT2D eigenvalue weighted by Crippen LogP contribution is -2.85. The molecular weight excluding hydrogens is 366 g/mol. The van der Waals surface area contributed by atoms with Crippen molar-refractivity contribution >= 4 is 11.6 Å². The molecule has 3 atom stereocenters. The van der Waals surface area contributed by atoms with Crippen LogP contribution in [0.2, 0.25) is 5.02 Å². The fourth-order valence-electron chi connectivity index (χ4n) is 4.43. The van der Waals surface area contributed by atoms with E-state index in [2.05, 4.69) is 69.4 Å². The van der Waals surface area contributed by atoms with Gasteiger partial charge in [-0.3, -0.25) is 0 Å². The minimum Gasteiger partial charge on any atom is -0.378 e. The molecule has 1 aliphatic heterocycles. The van der Waals surface area contributed by atoms with Crippen molar-refractivity contribution in [1.82, 2.24) is 0 Å². The van der Waals surface area contributed by atoms with Gasteiger partial charge in [-0.2, -0.15) is 0 Å². The van der Waals surface area contributed by atoms with Gasteiger partial charge in [0.25, 0.3) is 0 Å². The lowest BCUT2D eigenvalue weighted by atomic mass is 9.68. The van der Waals surface area contributed by atoms with E-state index in [0.29, 0.717) is 18.1 Å². The Morgan fingerprint density at radius 1 is 1.07 bits per heavy atom. The van der Waals surface area contributed by atoms with Crippen LogP contribution in [0.4, 0.5) is 0 Å². The molecule has 0 amide bonds. The van der Waals surface area contributed by atoms with Crippen LogP contribution in [-0.4, -0.2) is 19.3 Å². The third kappa shape index (κ3) is 5.17. The van der Waals surface area contributed by atoms with E-state index >= 15 is 0 Å². The first kappa shape index (κ1) is 21.4. The molecule has 0 unspecified atom stereocenters. The summed E-state index contributed by atoms with van der Waals surface area (Å²) < 4.78 is 6.13. The molecule has 1 saturated heterocycles. The quantitative estimate of drug-likeness (QED) is 0.658. The predicted molar refractivity (Wildman–Crippen MR) is 118 cm³/mol. The predicted octanol–water partition coefficient (Wildman–Crippen LogP) is 5.44. The van der Waals surface area contributed by atoms with E-state index in [4.69, 9.17) is 16.3 Å². The van der Waals surface area contributed by atoms with Crippen molar-refractivity contribution in [2.45, 2.75) is 64.5 Å². The largest absolute Gasteiger partial charge is 0.378 e. The molecule has 3 rings (SSSR count). The number of nitrogens with two attached hydrogens (primary N) is 1. The monoisotopic (exact) mass is 400 g/mol. The van der Waals surface area contributed by atoms with Gasteiger partial charge in [0.15, 0.2) is 0 Å². The molecule has 152 valence electrons. The Bertz CT molecular complexity index is 740. The molecule has 0 saturated carbocycles. The van der Waals surface area contributed by atoms with E-state index in [9.17, 15) is 0 Å². The number of hydrogen-bond acceptors (Lipinski definition) is 1. The summed E-state index contributed by atoms with van der Waals surface area (Å²) in [5.41, 5.74) is 4.37. The molecule has 0 aliphatic carbocycles. The molecule has 2 aromatic rings. The van der Waals surface area contributed by atoms with Gasteiger partial charge >= 0.3 is 0 Å². The van der Waals surface area contributed by atoms with Crippen LogP contribution >= 0.6 is 11.6 Å². The maximum absolute atomic E-state index is 6.13. The van der Waals surface area contributed by atoms with Crippen molar-refractivity contribution in [1.29, 1.82) is 0 Å². The van der Waals surface area contributed by atoms with Crippen LogP contribution in [0, 0.1) is 12.8 Å². The highest BCUT2D eigenvalue weighted by Crippen LogP contribution is 2.41. The van der Waals surface area contributed by atoms with Crippen molar-refractivity contribution in [2.75, 3.05) is 13.2 Å². The number of rotatable bonds is 7. The third-order valence-corrected chi connectivity index (χ3v) is 6.70. The van der Waals surface area contributed by atoms with E-state index in [0.717, 1.165) is 31.0 Å². The third-order valence-electron chi connectivity index (χ3n) is 6.45. The average Bonchev–Trinajstić information content (AvgIpc) is 2.69. The molecule has 2 N–H and O–H groups in total. The van der Waals surface area contributed by atoms with E-state index in [-0.39, 0.29) is 5.41 Å². The van der Waals surface area contributed by atoms with Crippen LogP contribution in [-0.2, 0) is 10.2 Å². The molecule has 28 heavy (non-hydrogen) atoms. The SMILES string of the molecule is Cc1ccc([C@@]2(CC[NH2+][C@@H](C)c3ccc(Cl)cc3)CCO[C@H](C(C)C)C2)cc1. The summed E-state index contributed by atoms with van der Waals surface area (Å²) in [6, 6.07) is 17.9. The zero-order valence-corrected chi connectivity index (χ0v) is 18.5. The molecule has 1 fully saturated rings. The number of ether oxygens (including phenoxy) is 1. The maximum Gasteiger partial charge on any atom is 0.109 e. The van der Waals surface area contributed by atoms with Crippen molar-refractivity contribution < 1.29 is 10.1 Å².